The smallest absolute Gasteiger partial charge is 0.0358 e. The third-order valence-electron chi connectivity index (χ3n) is 3.05. The molecule has 104 valence electrons. The zero-order chi connectivity index (χ0) is 12.9. The minimum absolute atomic E-state index is 0.237. The first-order chi connectivity index (χ1) is 8.20. The Morgan fingerprint density at radius 3 is 2.12 bits per heavy atom. The number of unbranched alkanes of at least 4 members (excludes halogenated alkanes) is 6. The molecule has 0 radical (unpaired) electrons. The molecule has 0 saturated heterocycles. The summed E-state index contributed by atoms with van der Waals surface area (Å²) in [6.07, 6.45) is 12.9. The lowest BCUT2D eigenvalue weighted by atomic mass is 10.1. The zero-order valence-electron chi connectivity index (χ0n) is 11.1. The highest BCUT2D eigenvalue weighted by atomic mass is 79.9. The van der Waals surface area contributed by atoms with Gasteiger partial charge >= 0.3 is 0 Å². The summed E-state index contributed by atoms with van der Waals surface area (Å²) in [5.41, 5.74) is 0. The molecule has 17 heavy (non-hydrogen) atoms. The van der Waals surface area contributed by atoms with Crippen LogP contribution in [0, 0.1) is 0 Å². The van der Waals surface area contributed by atoms with Gasteiger partial charge in [-0.25, -0.2) is 0 Å². The standard InChI is InChI=1S/C14H27BrCl2/c1-2-3-4-5-6-7-8-9-13(15)12-14(17)10-11-16/h13-14H,2-12H2,1H3. The molecule has 0 aromatic carbocycles. The van der Waals surface area contributed by atoms with Gasteiger partial charge in [-0.1, -0.05) is 67.8 Å². The predicted octanol–water partition coefficient (Wildman–Crippen LogP) is 6.52. The summed E-state index contributed by atoms with van der Waals surface area (Å²) in [6.45, 7) is 2.26. The van der Waals surface area contributed by atoms with Crippen LogP contribution in [0.3, 0.4) is 0 Å². The van der Waals surface area contributed by atoms with Gasteiger partial charge in [0.2, 0.25) is 0 Å². The van der Waals surface area contributed by atoms with E-state index in [0.29, 0.717) is 10.7 Å². The van der Waals surface area contributed by atoms with Crippen LogP contribution in [0.2, 0.25) is 0 Å². The lowest BCUT2D eigenvalue weighted by Gasteiger charge is -2.13. The van der Waals surface area contributed by atoms with Gasteiger partial charge in [0.15, 0.2) is 0 Å². The van der Waals surface area contributed by atoms with Crippen LogP contribution in [-0.2, 0) is 0 Å². The fourth-order valence-electron chi connectivity index (χ4n) is 1.95. The van der Waals surface area contributed by atoms with Gasteiger partial charge in [-0.3, -0.25) is 0 Å². The molecule has 0 aliphatic rings. The van der Waals surface area contributed by atoms with Gasteiger partial charge in [0, 0.05) is 16.1 Å². The number of hydrogen-bond acceptors (Lipinski definition) is 0. The Kier molecular flexibility index (Phi) is 14.3. The highest BCUT2D eigenvalue weighted by Gasteiger charge is 2.11. The summed E-state index contributed by atoms with van der Waals surface area (Å²) >= 11 is 15.5. The van der Waals surface area contributed by atoms with Crippen LogP contribution < -0.4 is 0 Å². The van der Waals surface area contributed by atoms with E-state index in [0.717, 1.165) is 12.8 Å². The Morgan fingerprint density at radius 2 is 1.53 bits per heavy atom. The fraction of sp³-hybridized carbons (Fsp3) is 1.00. The molecule has 2 atom stereocenters. The van der Waals surface area contributed by atoms with E-state index in [-0.39, 0.29) is 5.38 Å². The molecule has 0 aromatic rings. The summed E-state index contributed by atoms with van der Waals surface area (Å²) in [6, 6.07) is 0. The van der Waals surface area contributed by atoms with E-state index >= 15 is 0 Å². The molecule has 0 spiro atoms. The predicted molar refractivity (Wildman–Crippen MR) is 84.9 cm³/mol. The third-order valence-corrected chi connectivity index (χ3v) is 4.50. The molecule has 0 amide bonds. The van der Waals surface area contributed by atoms with Gasteiger partial charge in [-0.15, -0.1) is 23.2 Å². The Bertz CT molecular complexity index is 153. The fourth-order valence-corrected chi connectivity index (χ4v) is 3.64. The first-order valence-electron chi connectivity index (χ1n) is 7.04. The molecular weight excluding hydrogens is 319 g/mol. The van der Waals surface area contributed by atoms with Crippen molar-refractivity contribution in [2.75, 3.05) is 5.88 Å². The summed E-state index contributed by atoms with van der Waals surface area (Å²) in [5.74, 6) is 0.672. The average molecular weight is 346 g/mol. The topological polar surface area (TPSA) is 0 Å². The van der Waals surface area contributed by atoms with Crippen molar-refractivity contribution in [3.63, 3.8) is 0 Å². The van der Waals surface area contributed by atoms with E-state index in [1.165, 1.54) is 51.4 Å². The maximum absolute atomic E-state index is 6.16. The summed E-state index contributed by atoms with van der Waals surface area (Å²) in [5, 5.41) is 0.237. The van der Waals surface area contributed by atoms with Crippen molar-refractivity contribution in [3.8, 4) is 0 Å². The molecule has 0 saturated carbocycles. The number of hydrogen-bond donors (Lipinski definition) is 0. The molecule has 0 bridgehead atoms. The van der Waals surface area contributed by atoms with Gasteiger partial charge < -0.3 is 0 Å². The van der Waals surface area contributed by atoms with Gasteiger partial charge in [0.1, 0.15) is 0 Å². The third kappa shape index (κ3) is 13.3. The van der Waals surface area contributed by atoms with E-state index in [2.05, 4.69) is 22.9 Å². The first kappa shape index (κ1) is 18.1. The molecule has 0 rings (SSSR count). The van der Waals surface area contributed by atoms with Crippen LogP contribution in [0.1, 0.15) is 71.1 Å². The van der Waals surface area contributed by atoms with Crippen LogP contribution >= 0.6 is 39.1 Å². The van der Waals surface area contributed by atoms with Gasteiger partial charge in [-0.2, -0.15) is 0 Å². The molecule has 2 unspecified atom stereocenters. The van der Waals surface area contributed by atoms with Crippen LogP contribution in [0.4, 0.5) is 0 Å². The molecule has 0 aliphatic heterocycles. The van der Waals surface area contributed by atoms with Gasteiger partial charge in [0.25, 0.3) is 0 Å². The Labute approximate surface area is 126 Å². The van der Waals surface area contributed by atoms with Crippen molar-refractivity contribution in [2.24, 2.45) is 0 Å². The normalized spacial score (nSPS) is 14.8. The SMILES string of the molecule is CCCCCCCCCC(Br)CC(Cl)CCCl. The molecular formula is C14H27BrCl2. The molecule has 0 aliphatic carbocycles. The molecule has 3 heteroatoms. The maximum Gasteiger partial charge on any atom is 0.0358 e. The van der Waals surface area contributed by atoms with E-state index in [1.54, 1.807) is 0 Å². The summed E-state index contributed by atoms with van der Waals surface area (Å²) in [4.78, 5) is 0.573. The second-order valence-electron chi connectivity index (χ2n) is 4.82. The monoisotopic (exact) mass is 344 g/mol. The molecule has 0 N–H and O–H groups in total. The number of alkyl halides is 3. The molecule has 0 fully saturated rings. The van der Waals surface area contributed by atoms with Gasteiger partial charge in [0.05, 0.1) is 0 Å². The lowest BCUT2D eigenvalue weighted by Crippen LogP contribution is -2.08. The number of halogens is 3. The highest BCUT2D eigenvalue weighted by Crippen LogP contribution is 2.21. The highest BCUT2D eigenvalue weighted by molar-refractivity contribution is 9.09. The molecule has 0 nitrogen and oxygen atoms in total. The number of rotatable bonds is 12. The Balaban J connectivity index is 3.24. The van der Waals surface area contributed by atoms with Crippen molar-refractivity contribution in [2.45, 2.75) is 81.3 Å². The second-order valence-corrected chi connectivity index (χ2v) is 7.11. The minimum atomic E-state index is 0.237. The van der Waals surface area contributed by atoms with Crippen molar-refractivity contribution < 1.29 is 0 Å². The van der Waals surface area contributed by atoms with Crippen LogP contribution in [-0.4, -0.2) is 16.1 Å². The Morgan fingerprint density at radius 1 is 0.941 bits per heavy atom. The van der Waals surface area contributed by atoms with E-state index in [4.69, 9.17) is 23.2 Å². The van der Waals surface area contributed by atoms with Crippen LogP contribution in [0.5, 0.6) is 0 Å². The largest absolute Gasteiger partial charge is 0.127 e. The zero-order valence-corrected chi connectivity index (χ0v) is 14.2. The van der Waals surface area contributed by atoms with Crippen molar-refractivity contribution in [1.29, 1.82) is 0 Å². The van der Waals surface area contributed by atoms with E-state index in [9.17, 15) is 0 Å². The van der Waals surface area contributed by atoms with Crippen LogP contribution in [0.15, 0.2) is 0 Å². The average Bonchev–Trinajstić information content (AvgIpc) is 2.28. The lowest BCUT2D eigenvalue weighted by molar-refractivity contribution is 0.559. The summed E-state index contributed by atoms with van der Waals surface area (Å²) in [7, 11) is 0. The molecule has 0 aromatic heterocycles. The summed E-state index contributed by atoms with van der Waals surface area (Å²) < 4.78 is 0. The minimum Gasteiger partial charge on any atom is -0.127 e. The second kappa shape index (κ2) is 13.5. The van der Waals surface area contributed by atoms with Gasteiger partial charge in [-0.05, 0) is 19.3 Å². The Hall–Kier alpha value is 1.06. The van der Waals surface area contributed by atoms with Crippen molar-refractivity contribution in [1.82, 2.24) is 0 Å². The maximum atomic E-state index is 6.16. The van der Waals surface area contributed by atoms with E-state index in [1.807, 2.05) is 0 Å². The van der Waals surface area contributed by atoms with Crippen LogP contribution in [0.25, 0.3) is 0 Å². The first-order valence-corrected chi connectivity index (χ1v) is 8.93. The quantitative estimate of drug-likeness (QED) is 0.279. The van der Waals surface area contributed by atoms with E-state index < -0.39 is 0 Å². The van der Waals surface area contributed by atoms with Crippen molar-refractivity contribution in [3.05, 3.63) is 0 Å². The van der Waals surface area contributed by atoms with Crippen molar-refractivity contribution >= 4 is 39.1 Å². The molecule has 0 heterocycles.